The molecule has 0 aromatic carbocycles. The van der Waals surface area contributed by atoms with Crippen LogP contribution < -0.4 is 5.32 Å². The molecule has 0 atom stereocenters. The Bertz CT molecular complexity index is 290. The summed E-state index contributed by atoms with van der Waals surface area (Å²) in [4.78, 5) is 11.4. The van der Waals surface area contributed by atoms with E-state index in [0.29, 0.717) is 6.42 Å². The van der Waals surface area contributed by atoms with Gasteiger partial charge in [0.05, 0.1) is 0 Å². The maximum Gasteiger partial charge on any atom is 0.220 e. The molecule has 27 heavy (non-hydrogen) atoms. The van der Waals surface area contributed by atoms with Crippen molar-refractivity contribution in [3.05, 3.63) is 6.54 Å². The van der Waals surface area contributed by atoms with Crippen LogP contribution in [-0.4, -0.2) is 5.91 Å². The predicted molar refractivity (Wildman–Crippen MR) is 121 cm³/mol. The molecule has 0 aliphatic heterocycles. The molecule has 2 heteroatoms. The Morgan fingerprint density at radius 1 is 0.556 bits per heavy atom. The Morgan fingerprint density at radius 2 is 0.889 bits per heavy atom. The molecule has 0 aliphatic rings. The summed E-state index contributed by atoms with van der Waals surface area (Å²) >= 11 is 0. The van der Waals surface area contributed by atoms with E-state index in [1.807, 2.05) is 13.5 Å². The molecule has 0 bridgehead atoms. The highest BCUT2D eigenvalue weighted by molar-refractivity contribution is 5.76. The third kappa shape index (κ3) is 23.4. The Morgan fingerprint density at radius 3 is 1.22 bits per heavy atom. The van der Waals surface area contributed by atoms with Gasteiger partial charge < -0.3 is 5.32 Å². The van der Waals surface area contributed by atoms with Crippen LogP contribution in [0.2, 0.25) is 0 Å². The largest absolute Gasteiger partial charge is 0.351 e. The van der Waals surface area contributed by atoms with Gasteiger partial charge in [-0.05, 0) is 12.8 Å². The lowest BCUT2D eigenvalue weighted by Crippen LogP contribution is -2.19. The van der Waals surface area contributed by atoms with Crippen molar-refractivity contribution in [2.45, 2.75) is 149 Å². The van der Waals surface area contributed by atoms with Crippen LogP contribution in [-0.2, 0) is 4.79 Å². The lowest BCUT2D eigenvalue weighted by molar-refractivity contribution is -0.120. The summed E-state index contributed by atoms with van der Waals surface area (Å²) in [6, 6.07) is 0. The van der Waals surface area contributed by atoms with Crippen LogP contribution in [0.15, 0.2) is 0 Å². The summed E-state index contributed by atoms with van der Waals surface area (Å²) in [6.07, 6.45) is 28.0. The standard InChI is InChI=1S/C25H50NO/c1-3-5-6-7-8-9-10-11-12-13-14-15-16-17-18-19-20-21-22-23-25(27)26-24-4-2/h24H,3-23H2,1-2H3,(H,26,27). The smallest absolute Gasteiger partial charge is 0.220 e. The zero-order valence-corrected chi connectivity index (χ0v) is 18.8. The minimum atomic E-state index is 0.184. The minimum Gasteiger partial charge on any atom is -0.351 e. The maximum absolute atomic E-state index is 11.4. The molecular weight excluding hydrogens is 330 g/mol. The van der Waals surface area contributed by atoms with Gasteiger partial charge in [0.25, 0.3) is 0 Å². The molecule has 0 rings (SSSR count). The molecule has 0 saturated heterocycles. The number of carbonyl (C=O) groups is 1. The van der Waals surface area contributed by atoms with Gasteiger partial charge in [-0.3, -0.25) is 4.79 Å². The third-order valence-corrected chi connectivity index (χ3v) is 5.47. The molecule has 1 radical (unpaired) electrons. The fraction of sp³-hybridized carbons (Fsp3) is 0.920. The van der Waals surface area contributed by atoms with Gasteiger partial charge in [0, 0.05) is 13.0 Å². The molecule has 1 amide bonds. The molecule has 0 unspecified atom stereocenters. The van der Waals surface area contributed by atoms with Crippen molar-refractivity contribution in [2.75, 3.05) is 0 Å². The summed E-state index contributed by atoms with van der Waals surface area (Å²) in [6.45, 7) is 6.17. The first-order chi connectivity index (χ1) is 13.3. The van der Waals surface area contributed by atoms with Gasteiger partial charge in [-0.15, -0.1) is 0 Å². The van der Waals surface area contributed by atoms with Crippen molar-refractivity contribution in [3.63, 3.8) is 0 Å². The molecule has 0 spiro atoms. The number of carbonyl (C=O) groups excluding carboxylic acids is 1. The lowest BCUT2D eigenvalue weighted by atomic mass is 10.0. The number of unbranched alkanes of at least 4 members (excludes halogenated alkanes) is 18. The van der Waals surface area contributed by atoms with Crippen molar-refractivity contribution < 1.29 is 4.79 Å². The fourth-order valence-corrected chi connectivity index (χ4v) is 3.65. The highest BCUT2D eigenvalue weighted by Crippen LogP contribution is 2.14. The van der Waals surface area contributed by atoms with Gasteiger partial charge in [-0.1, -0.05) is 129 Å². The molecule has 2 nitrogen and oxygen atoms in total. The Balaban J connectivity index is 3.04. The molecule has 0 heterocycles. The molecule has 161 valence electrons. The molecule has 1 N–H and O–H groups in total. The highest BCUT2D eigenvalue weighted by Gasteiger charge is 1.99. The maximum atomic E-state index is 11.4. The second-order valence-electron chi connectivity index (χ2n) is 8.29. The van der Waals surface area contributed by atoms with Gasteiger partial charge in [0.1, 0.15) is 0 Å². The van der Waals surface area contributed by atoms with Crippen LogP contribution in [0.1, 0.15) is 149 Å². The van der Waals surface area contributed by atoms with Gasteiger partial charge in [0.2, 0.25) is 5.91 Å². The van der Waals surface area contributed by atoms with Crippen LogP contribution in [0.25, 0.3) is 0 Å². The number of hydrogen-bond acceptors (Lipinski definition) is 1. The Kier molecular flexibility index (Phi) is 23.0. The Hall–Kier alpha value is -0.530. The van der Waals surface area contributed by atoms with Crippen LogP contribution in [0.5, 0.6) is 0 Å². The number of amides is 1. The molecular formula is C25H50NO. The van der Waals surface area contributed by atoms with E-state index in [1.54, 1.807) is 0 Å². The topological polar surface area (TPSA) is 29.1 Å². The zero-order valence-electron chi connectivity index (χ0n) is 18.8. The highest BCUT2D eigenvalue weighted by atomic mass is 16.1. The van der Waals surface area contributed by atoms with E-state index in [0.717, 1.165) is 12.8 Å². The first-order valence-electron chi connectivity index (χ1n) is 12.4. The summed E-state index contributed by atoms with van der Waals surface area (Å²) in [5.41, 5.74) is 0. The van der Waals surface area contributed by atoms with Crippen molar-refractivity contribution in [3.8, 4) is 0 Å². The van der Waals surface area contributed by atoms with Crippen LogP contribution in [0, 0.1) is 6.54 Å². The summed E-state index contributed by atoms with van der Waals surface area (Å²) in [7, 11) is 0. The predicted octanol–water partition coefficient (Wildman–Crippen LogP) is 8.50. The van der Waals surface area contributed by atoms with Crippen molar-refractivity contribution in [1.82, 2.24) is 5.32 Å². The summed E-state index contributed by atoms with van der Waals surface area (Å²) in [5.74, 6) is 0.184. The van der Waals surface area contributed by atoms with E-state index in [1.165, 1.54) is 116 Å². The van der Waals surface area contributed by atoms with E-state index in [-0.39, 0.29) is 5.91 Å². The van der Waals surface area contributed by atoms with Crippen molar-refractivity contribution in [1.29, 1.82) is 0 Å². The minimum absolute atomic E-state index is 0.184. The molecule has 0 aromatic heterocycles. The van der Waals surface area contributed by atoms with Crippen LogP contribution >= 0.6 is 0 Å². The number of hydrogen-bond donors (Lipinski definition) is 1. The van der Waals surface area contributed by atoms with Gasteiger partial charge >= 0.3 is 0 Å². The van der Waals surface area contributed by atoms with Gasteiger partial charge in [-0.25, -0.2) is 0 Å². The molecule has 0 aromatic rings. The summed E-state index contributed by atoms with van der Waals surface area (Å²) < 4.78 is 0. The van der Waals surface area contributed by atoms with Crippen LogP contribution in [0.3, 0.4) is 0 Å². The second-order valence-corrected chi connectivity index (χ2v) is 8.29. The van der Waals surface area contributed by atoms with Crippen molar-refractivity contribution >= 4 is 5.91 Å². The lowest BCUT2D eigenvalue weighted by Gasteiger charge is -2.04. The average Bonchev–Trinajstić information content (AvgIpc) is 2.68. The van der Waals surface area contributed by atoms with Gasteiger partial charge in [0.15, 0.2) is 0 Å². The van der Waals surface area contributed by atoms with E-state index in [9.17, 15) is 4.79 Å². The number of nitrogens with one attached hydrogen (secondary N) is 1. The quantitative estimate of drug-likeness (QED) is 0.187. The van der Waals surface area contributed by atoms with E-state index < -0.39 is 0 Å². The molecule has 0 fully saturated rings. The van der Waals surface area contributed by atoms with Crippen molar-refractivity contribution in [2.24, 2.45) is 0 Å². The summed E-state index contributed by atoms with van der Waals surface area (Å²) in [5, 5.41) is 2.83. The van der Waals surface area contributed by atoms with E-state index in [2.05, 4.69) is 12.2 Å². The second kappa shape index (κ2) is 23.5. The molecule has 0 aliphatic carbocycles. The average molecular weight is 381 g/mol. The van der Waals surface area contributed by atoms with Gasteiger partial charge in [-0.2, -0.15) is 0 Å². The van der Waals surface area contributed by atoms with E-state index >= 15 is 0 Å². The molecule has 0 saturated carbocycles. The first-order valence-corrected chi connectivity index (χ1v) is 12.4. The fourth-order valence-electron chi connectivity index (χ4n) is 3.65. The zero-order chi connectivity index (χ0) is 19.8. The van der Waals surface area contributed by atoms with Crippen LogP contribution in [0.4, 0.5) is 0 Å². The Labute approximate surface area is 171 Å². The third-order valence-electron chi connectivity index (χ3n) is 5.47. The monoisotopic (exact) mass is 380 g/mol. The number of rotatable bonds is 22. The first kappa shape index (κ1) is 26.5. The normalized spacial score (nSPS) is 11.0. The SMILES string of the molecule is CC[CH]NC(=O)CCCCCCCCCCCCCCCCCCCCC. The van der Waals surface area contributed by atoms with E-state index in [4.69, 9.17) is 0 Å².